The number of methoxy groups -OCH3 is 1. The first-order valence-electron chi connectivity index (χ1n) is 10.6. The van der Waals surface area contributed by atoms with Gasteiger partial charge in [-0.15, -0.1) is 0 Å². The third kappa shape index (κ3) is 5.42. The lowest BCUT2D eigenvalue weighted by atomic mass is 10.1. The maximum absolute atomic E-state index is 13.4. The fraction of sp³-hybridized carbons (Fsp3) is 0.120. The molecule has 0 bridgehead atoms. The van der Waals surface area contributed by atoms with Crippen molar-refractivity contribution in [3.05, 3.63) is 89.4 Å². The monoisotopic (exact) mass is 508 g/mol. The van der Waals surface area contributed by atoms with E-state index >= 15 is 0 Å². The van der Waals surface area contributed by atoms with E-state index in [1.54, 1.807) is 78.9 Å². The van der Waals surface area contributed by atoms with E-state index in [4.69, 9.17) is 28.6 Å². The van der Waals surface area contributed by atoms with E-state index < -0.39 is 23.8 Å². The number of carbonyl (C=O) groups is 3. The van der Waals surface area contributed by atoms with E-state index in [-0.39, 0.29) is 11.5 Å². The fourth-order valence-corrected chi connectivity index (χ4v) is 4.05. The average Bonchev–Trinajstić information content (AvgIpc) is 3.09. The number of nitrogens with zero attached hydrogens (tertiary/aromatic N) is 2. The van der Waals surface area contributed by atoms with Crippen LogP contribution in [-0.2, 0) is 9.59 Å². The third-order valence-electron chi connectivity index (χ3n) is 5.31. The summed E-state index contributed by atoms with van der Waals surface area (Å²) in [7, 11) is 1.54. The van der Waals surface area contributed by atoms with Gasteiger partial charge in [-0.25, -0.2) is 5.01 Å². The number of ether oxygens (including phenoxy) is 1. The first-order chi connectivity index (χ1) is 16.9. The molecular formula is C25H21ClN4O4S. The predicted molar refractivity (Wildman–Crippen MR) is 137 cm³/mol. The number of rotatable bonds is 7. The molecule has 1 unspecified atom stereocenters. The average molecular weight is 509 g/mol. The zero-order chi connectivity index (χ0) is 24.9. The smallest absolute Gasteiger partial charge is 0.269 e. The summed E-state index contributed by atoms with van der Waals surface area (Å²) in [6, 6.07) is 20.8. The van der Waals surface area contributed by atoms with Crippen LogP contribution in [-0.4, -0.2) is 41.0 Å². The molecule has 1 aliphatic heterocycles. The highest BCUT2D eigenvalue weighted by molar-refractivity contribution is 7.80. The number of nitrogens with one attached hydrogen (secondary N) is 2. The molecule has 0 spiro atoms. The van der Waals surface area contributed by atoms with Crippen LogP contribution in [0.25, 0.3) is 0 Å². The van der Waals surface area contributed by atoms with Crippen LogP contribution in [0.3, 0.4) is 0 Å². The fourth-order valence-electron chi connectivity index (χ4n) is 3.55. The van der Waals surface area contributed by atoms with Gasteiger partial charge in [0.05, 0.1) is 19.2 Å². The van der Waals surface area contributed by atoms with Crippen LogP contribution in [0.1, 0.15) is 16.8 Å². The molecule has 10 heteroatoms. The Hall–Kier alpha value is -3.95. The lowest BCUT2D eigenvalue weighted by Gasteiger charge is -2.24. The SMILES string of the molecule is COc1ccc(N2C(=O)C(CC(=O)Nc3ccc(Cl)cc3)N(NC(=O)c3ccccc3)C2=S)cc1. The molecule has 0 aliphatic carbocycles. The summed E-state index contributed by atoms with van der Waals surface area (Å²) in [6.45, 7) is 0. The van der Waals surface area contributed by atoms with Gasteiger partial charge in [0.2, 0.25) is 11.0 Å². The molecule has 1 heterocycles. The van der Waals surface area contributed by atoms with Crippen molar-refractivity contribution in [1.29, 1.82) is 0 Å². The highest BCUT2D eigenvalue weighted by Gasteiger charge is 2.45. The predicted octanol–water partition coefficient (Wildman–Crippen LogP) is 4.02. The zero-order valence-electron chi connectivity index (χ0n) is 18.6. The number of anilines is 2. The summed E-state index contributed by atoms with van der Waals surface area (Å²) in [6.07, 6.45) is -0.247. The molecule has 3 aromatic carbocycles. The van der Waals surface area contributed by atoms with Gasteiger partial charge in [-0.1, -0.05) is 29.8 Å². The van der Waals surface area contributed by atoms with Crippen molar-refractivity contribution in [3.8, 4) is 5.75 Å². The van der Waals surface area contributed by atoms with Gasteiger partial charge in [-0.3, -0.25) is 24.7 Å². The number of benzene rings is 3. The van der Waals surface area contributed by atoms with Gasteiger partial charge < -0.3 is 10.1 Å². The summed E-state index contributed by atoms with van der Waals surface area (Å²) in [5.41, 5.74) is 4.09. The molecule has 0 saturated carbocycles. The lowest BCUT2D eigenvalue weighted by Crippen LogP contribution is -2.49. The minimum Gasteiger partial charge on any atom is -0.497 e. The molecule has 3 amide bonds. The van der Waals surface area contributed by atoms with Crippen LogP contribution >= 0.6 is 23.8 Å². The number of hydrogen-bond donors (Lipinski definition) is 2. The number of amides is 3. The molecule has 35 heavy (non-hydrogen) atoms. The van der Waals surface area contributed by atoms with Gasteiger partial charge in [0, 0.05) is 16.3 Å². The minimum atomic E-state index is -1.05. The van der Waals surface area contributed by atoms with E-state index in [0.717, 1.165) is 0 Å². The van der Waals surface area contributed by atoms with E-state index in [0.29, 0.717) is 27.7 Å². The van der Waals surface area contributed by atoms with Crippen molar-refractivity contribution in [2.45, 2.75) is 12.5 Å². The number of halogens is 1. The minimum absolute atomic E-state index is 0.0498. The summed E-state index contributed by atoms with van der Waals surface area (Å²) >= 11 is 11.5. The highest BCUT2D eigenvalue weighted by Crippen LogP contribution is 2.28. The van der Waals surface area contributed by atoms with Crippen LogP contribution in [0, 0.1) is 0 Å². The topological polar surface area (TPSA) is 91.0 Å². The van der Waals surface area contributed by atoms with Crippen LogP contribution in [0.15, 0.2) is 78.9 Å². The molecule has 0 radical (unpaired) electrons. The second kappa shape index (κ2) is 10.5. The Balaban J connectivity index is 1.59. The summed E-state index contributed by atoms with van der Waals surface area (Å²) in [5, 5.41) is 4.58. The quantitative estimate of drug-likeness (QED) is 0.468. The van der Waals surface area contributed by atoms with Crippen molar-refractivity contribution < 1.29 is 19.1 Å². The molecule has 2 N–H and O–H groups in total. The van der Waals surface area contributed by atoms with E-state index in [9.17, 15) is 14.4 Å². The highest BCUT2D eigenvalue weighted by atomic mass is 35.5. The number of hydrazine groups is 1. The summed E-state index contributed by atoms with van der Waals surface area (Å²) in [4.78, 5) is 40.4. The molecule has 3 aromatic rings. The van der Waals surface area contributed by atoms with Crippen molar-refractivity contribution in [1.82, 2.24) is 10.4 Å². The van der Waals surface area contributed by atoms with Crippen LogP contribution in [0.4, 0.5) is 11.4 Å². The van der Waals surface area contributed by atoms with Gasteiger partial charge in [0.1, 0.15) is 11.8 Å². The standard InChI is InChI=1S/C25H21ClN4O4S/c1-34-20-13-11-19(12-14-20)29-24(33)21(15-22(31)27-18-9-7-17(26)8-10-18)30(25(29)35)28-23(32)16-5-3-2-4-6-16/h2-14,21H,15H2,1H3,(H,27,31)(H,28,32). The maximum Gasteiger partial charge on any atom is 0.269 e. The second-order valence-corrected chi connectivity index (χ2v) is 8.41. The molecule has 8 nitrogen and oxygen atoms in total. The van der Waals surface area contributed by atoms with Crippen molar-refractivity contribution >= 4 is 58.0 Å². The molecule has 1 atom stereocenters. The third-order valence-corrected chi connectivity index (χ3v) is 5.94. The maximum atomic E-state index is 13.4. The summed E-state index contributed by atoms with van der Waals surface area (Å²) in [5.74, 6) is -0.719. The Morgan fingerprint density at radius 1 is 1.00 bits per heavy atom. The van der Waals surface area contributed by atoms with Crippen molar-refractivity contribution in [3.63, 3.8) is 0 Å². The number of thiocarbonyl (C=S) groups is 1. The van der Waals surface area contributed by atoms with Crippen molar-refractivity contribution in [2.75, 3.05) is 17.3 Å². The molecule has 4 rings (SSSR count). The van der Waals surface area contributed by atoms with Crippen LogP contribution in [0.5, 0.6) is 5.75 Å². The Labute approximate surface area is 212 Å². The van der Waals surface area contributed by atoms with Crippen LogP contribution in [0.2, 0.25) is 5.02 Å². The molecule has 1 aliphatic rings. The van der Waals surface area contributed by atoms with E-state index in [2.05, 4.69) is 10.7 Å². The Morgan fingerprint density at radius 2 is 1.66 bits per heavy atom. The zero-order valence-corrected chi connectivity index (χ0v) is 20.2. The largest absolute Gasteiger partial charge is 0.497 e. The first-order valence-corrected chi connectivity index (χ1v) is 11.4. The molecule has 0 aromatic heterocycles. The first kappa shape index (κ1) is 24.2. The molecular weight excluding hydrogens is 488 g/mol. The lowest BCUT2D eigenvalue weighted by molar-refractivity contribution is -0.124. The molecule has 178 valence electrons. The Kier molecular flexibility index (Phi) is 7.28. The summed E-state index contributed by atoms with van der Waals surface area (Å²) < 4.78 is 5.18. The van der Waals surface area contributed by atoms with Gasteiger partial charge in [0.25, 0.3) is 11.8 Å². The van der Waals surface area contributed by atoms with Gasteiger partial charge in [0.15, 0.2) is 0 Å². The van der Waals surface area contributed by atoms with E-state index in [1.165, 1.54) is 17.0 Å². The Bertz CT molecular complexity index is 1250. The van der Waals surface area contributed by atoms with Gasteiger partial charge >= 0.3 is 0 Å². The number of carbonyl (C=O) groups excluding carboxylic acids is 3. The van der Waals surface area contributed by atoms with Crippen LogP contribution < -0.4 is 20.4 Å². The second-order valence-electron chi connectivity index (χ2n) is 7.61. The molecule has 1 saturated heterocycles. The number of hydrogen-bond acceptors (Lipinski definition) is 5. The van der Waals surface area contributed by atoms with Gasteiger partial charge in [-0.2, -0.15) is 0 Å². The van der Waals surface area contributed by atoms with Gasteiger partial charge in [-0.05, 0) is 72.9 Å². The van der Waals surface area contributed by atoms with Crippen molar-refractivity contribution in [2.24, 2.45) is 0 Å². The normalized spacial score (nSPS) is 15.2. The molecule has 1 fully saturated rings. The van der Waals surface area contributed by atoms with E-state index in [1.807, 2.05) is 0 Å². The Morgan fingerprint density at radius 3 is 2.29 bits per heavy atom.